The highest BCUT2D eigenvalue weighted by atomic mass is 35.5. The Kier molecular flexibility index (Phi) is 5.91. The third kappa shape index (κ3) is 4.19. The van der Waals surface area contributed by atoms with E-state index >= 15 is 0 Å². The fourth-order valence-corrected chi connectivity index (χ4v) is 3.30. The van der Waals surface area contributed by atoms with Crippen molar-refractivity contribution in [3.8, 4) is 11.5 Å². The first-order chi connectivity index (χ1) is 15.5. The summed E-state index contributed by atoms with van der Waals surface area (Å²) in [7, 11) is 1.49. The standard InChI is InChI=1S/C24H17ClN2O5/c1-31-19-9-5-6-17(14-19)27-22(28)20(25)21(23(27)29)26-16-12-10-15(11-13-16)24(30)32-18-7-3-2-4-8-18/h2-14,26H,1H3. The average molecular weight is 449 g/mol. The number of carbonyl (C=O) groups excluding carboxylic acids is 3. The molecule has 4 rings (SSSR count). The van der Waals surface area contributed by atoms with Crippen molar-refractivity contribution in [2.24, 2.45) is 0 Å². The molecule has 1 aliphatic heterocycles. The van der Waals surface area contributed by atoms with Crippen molar-refractivity contribution >= 4 is 40.8 Å². The van der Waals surface area contributed by atoms with Gasteiger partial charge in [-0.15, -0.1) is 0 Å². The van der Waals surface area contributed by atoms with Crippen LogP contribution in [0.2, 0.25) is 0 Å². The molecule has 0 saturated heterocycles. The van der Waals surface area contributed by atoms with Gasteiger partial charge in [-0.3, -0.25) is 9.59 Å². The normalized spacial score (nSPS) is 13.4. The van der Waals surface area contributed by atoms with E-state index in [1.54, 1.807) is 72.8 Å². The van der Waals surface area contributed by atoms with Crippen molar-refractivity contribution in [3.05, 3.63) is 95.2 Å². The summed E-state index contributed by atoms with van der Waals surface area (Å²) in [6, 6.07) is 21.5. The molecule has 0 bridgehead atoms. The zero-order valence-corrected chi connectivity index (χ0v) is 17.6. The zero-order chi connectivity index (χ0) is 22.7. The van der Waals surface area contributed by atoms with Crippen LogP contribution in [0, 0.1) is 0 Å². The molecule has 0 fully saturated rings. The van der Waals surface area contributed by atoms with Gasteiger partial charge in [0, 0.05) is 11.8 Å². The van der Waals surface area contributed by atoms with Gasteiger partial charge in [0.15, 0.2) is 0 Å². The Morgan fingerprint density at radius 3 is 2.25 bits per heavy atom. The third-order valence-electron chi connectivity index (χ3n) is 4.68. The maximum Gasteiger partial charge on any atom is 0.343 e. The Hall–Kier alpha value is -4.10. The van der Waals surface area contributed by atoms with E-state index in [-0.39, 0.29) is 10.7 Å². The van der Waals surface area contributed by atoms with Crippen LogP contribution >= 0.6 is 11.6 Å². The maximum absolute atomic E-state index is 12.9. The van der Waals surface area contributed by atoms with E-state index in [0.717, 1.165) is 4.90 Å². The number of anilines is 2. The first-order valence-corrected chi connectivity index (χ1v) is 9.92. The lowest BCUT2D eigenvalue weighted by Crippen LogP contribution is -2.32. The van der Waals surface area contributed by atoms with Gasteiger partial charge in [0.05, 0.1) is 18.4 Å². The monoisotopic (exact) mass is 448 g/mol. The number of nitrogens with one attached hydrogen (secondary N) is 1. The average Bonchev–Trinajstić information content (AvgIpc) is 3.03. The van der Waals surface area contributed by atoms with Gasteiger partial charge in [-0.05, 0) is 48.5 Å². The molecule has 32 heavy (non-hydrogen) atoms. The Morgan fingerprint density at radius 2 is 1.56 bits per heavy atom. The Bertz CT molecular complexity index is 1220. The minimum atomic E-state index is -0.643. The number of methoxy groups -OCH3 is 1. The van der Waals surface area contributed by atoms with Crippen molar-refractivity contribution in [2.45, 2.75) is 0 Å². The number of rotatable bonds is 6. The molecule has 0 unspecified atom stereocenters. The predicted octanol–water partition coefficient (Wildman–Crippen LogP) is 4.35. The third-order valence-corrected chi connectivity index (χ3v) is 5.03. The Balaban J connectivity index is 1.49. The van der Waals surface area contributed by atoms with Crippen LogP contribution in [-0.4, -0.2) is 24.9 Å². The first kappa shape index (κ1) is 21.1. The second-order valence-corrected chi connectivity index (χ2v) is 7.12. The van der Waals surface area contributed by atoms with Crippen LogP contribution in [-0.2, 0) is 9.59 Å². The topological polar surface area (TPSA) is 84.9 Å². The second kappa shape index (κ2) is 8.95. The van der Waals surface area contributed by atoms with Crippen molar-refractivity contribution in [2.75, 3.05) is 17.3 Å². The summed E-state index contributed by atoms with van der Waals surface area (Å²) in [5.41, 5.74) is 1.08. The first-order valence-electron chi connectivity index (χ1n) is 9.55. The molecule has 7 nitrogen and oxygen atoms in total. The number of ether oxygens (including phenoxy) is 2. The molecule has 8 heteroatoms. The number of hydrogen-bond acceptors (Lipinski definition) is 6. The van der Waals surface area contributed by atoms with Gasteiger partial charge < -0.3 is 14.8 Å². The number of para-hydroxylation sites is 1. The van der Waals surface area contributed by atoms with Crippen LogP contribution in [0.5, 0.6) is 11.5 Å². The lowest BCUT2D eigenvalue weighted by atomic mass is 10.2. The molecule has 0 spiro atoms. The summed E-state index contributed by atoms with van der Waals surface area (Å²) in [6.45, 7) is 0. The van der Waals surface area contributed by atoms with Gasteiger partial charge in [-0.25, -0.2) is 9.69 Å². The van der Waals surface area contributed by atoms with E-state index in [9.17, 15) is 14.4 Å². The number of hydrogen-bond donors (Lipinski definition) is 1. The van der Waals surface area contributed by atoms with Crippen LogP contribution < -0.4 is 19.7 Å². The van der Waals surface area contributed by atoms with E-state index in [0.29, 0.717) is 28.4 Å². The lowest BCUT2D eigenvalue weighted by molar-refractivity contribution is -0.120. The van der Waals surface area contributed by atoms with Gasteiger partial charge in [-0.1, -0.05) is 35.9 Å². The van der Waals surface area contributed by atoms with E-state index < -0.39 is 17.8 Å². The van der Waals surface area contributed by atoms with Gasteiger partial charge in [0.25, 0.3) is 11.8 Å². The van der Waals surface area contributed by atoms with Crippen molar-refractivity contribution in [1.29, 1.82) is 0 Å². The van der Waals surface area contributed by atoms with Crippen LogP contribution in [0.25, 0.3) is 0 Å². The molecule has 1 aliphatic rings. The molecule has 3 aromatic carbocycles. The molecule has 0 aromatic heterocycles. The zero-order valence-electron chi connectivity index (χ0n) is 16.9. The van der Waals surface area contributed by atoms with Crippen LogP contribution in [0.4, 0.5) is 11.4 Å². The quantitative estimate of drug-likeness (QED) is 0.343. The highest BCUT2D eigenvalue weighted by molar-refractivity contribution is 6.53. The van der Waals surface area contributed by atoms with Crippen molar-refractivity contribution < 1.29 is 23.9 Å². The van der Waals surface area contributed by atoms with E-state index in [1.165, 1.54) is 7.11 Å². The highest BCUT2D eigenvalue weighted by Gasteiger charge is 2.39. The summed E-state index contributed by atoms with van der Waals surface area (Å²) in [6.07, 6.45) is 0. The lowest BCUT2D eigenvalue weighted by Gasteiger charge is -2.16. The fraction of sp³-hybridized carbons (Fsp3) is 0.0417. The molecule has 1 N–H and O–H groups in total. The number of halogens is 1. The second-order valence-electron chi connectivity index (χ2n) is 6.74. The summed E-state index contributed by atoms with van der Waals surface area (Å²) in [4.78, 5) is 38.8. The molecule has 2 amide bonds. The SMILES string of the molecule is COc1cccc(N2C(=O)C(Cl)=C(Nc3ccc(C(=O)Oc4ccccc4)cc3)C2=O)c1. The number of carbonyl (C=O) groups is 3. The molecule has 160 valence electrons. The van der Waals surface area contributed by atoms with Crippen LogP contribution in [0.3, 0.4) is 0 Å². The minimum Gasteiger partial charge on any atom is -0.497 e. The van der Waals surface area contributed by atoms with Crippen molar-refractivity contribution in [3.63, 3.8) is 0 Å². The number of amides is 2. The largest absolute Gasteiger partial charge is 0.497 e. The van der Waals surface area contributed by atoms with Crippen LogP contribution in [0.15, 0.2) is 89.6 Å². The summed E-state index contributed by atoms with van der Waals surface area (Å²) in [5, 5.41) is 2.64. The molecule has 3 aromatic rings. The molecular formula is C24H17ClN2O5. The molecular weight excluding hydrogens is 432 g/mol. The smallest absolute Gasteiger partial charge is 0.343 e. The molecule has 0 atom stereocenters. The summed E-state index contributed by atoms with van der Waals surface area (Å²) >= 11 is 6.16. The number of esters is 1. The Morgan fingerprint density at radius 1 is 0.875 bits per heavy atom. The minimum absolute atomic E-state index is 0.0564. The summed E-state index contributed by atoms with van der Waals surface area (Å²) < 4.78 is 10.5. The van der Waals surface area contributed by atoms with E-state index in [2.05, 4.69) is 5.32 Å². The molecule has 0 radical (unpaired) electrons. The van der Waals surface area contributed by atoms with Gasteiger partial charge in [0.2, 0.25) is 0 Å². The fourth-order valence-electron chi connectivity index (χ4n) is 3.08. The van der Waals surface area contributed by atoms with Crippen LogP contribution in [0.1, 0.15) is 10.4 Å². The number of benzene rings is 3. The van der Waals surface area contributed by atoms with Gasteiger partial charge >= 0.3 is 5.97 Å². The van der Waals surface area contributed by atoms with E-state index in [4.69, 9.17) is 21.1 Å². The number of imide groups is 1. The summed E-state index contributed by atoms with van der Waals surface area (Å²) in [5.74, 6) is -0.824. The molecule has 1 heterocycles. The predicted molar refractivity (Wildman–Crippen MR) is 120 cm³/mol. The van der Waals surface area contributed by atoms with Gasteiger partial charge in [0.1, 0.15) is 22.2 Å². The number of nitrogens with zero attached hydrogens (tertiary/aromatic N) is 1. The highest BCUT2D eigenvalue weighted by Crippen LogP contribution is 2.31. The maximum atomic E-state index is 12.9. The van der Waals surface area contributed by atoms with Crippen molar-refractivity contribution in [1.82, 2.24) is 0 Å². The van der Waals surface area contributed by atoms with Gasteiger partial charge in [-0.2, -0.15) is 0 Å². The molecule has 0 saturated carbocycles. The molecule has 0 aliphatic carbocycles. The Labute approximate surface area is 188 Å². The van der Waals surface area contributed by atoms with E-state index in [1.807, 2.05) is 6.07 Å².